The molecule has 0 aliphatic heterocycles. The molecule has 33 heavy (non-hydrogen) atoms. The Labute approximate surface area is 187 Å². The Hall–Kier alpha value is -3.60. The fourth-order valence-corrected chi connectivity index (χ4v) is 4.32. The van der Waals surface area contributed by atoms with E-state index in [1.165, 1.54) is 49.6 Å². The maximum absolute atomic E-state index is 13.4. The van der Waals surface area contributed by atoms with E-state index in [0.29, 0.717) is 5.75 Å². The summed E-state index contributed by atoms with van der Waals surface area (Å²) in [4.78, 5) is 12.4. The van der Waals surface area contributed by atoms with Crippen LogP contribution in [0, 0.1) is 5.82 Å². The molecule has 6 nitrogen and oxygen atoms in total. The lowest BCUT2D eigenvalue weighted by atomic mass is 10.2. The summed E-state index contributed by atoms with van der Waals surface area (Å²) < 4.78 is 84.4. The summed E-state index contributed by atoms with van der Waals surface area (Å²) in [6.07, 6.45) is -4.61. The van der Waals surface area contributed by atoms with Gasteiger partial charge >= 0.3 is 6.18 Å². The summed E-state index contributed by atoms with van der Waals surface area (Å²) in [5.74, 6) is -1.10. The van der Waals surface area contributed by atoms with Gasteiger partial charge in [-0.05, 0) is 66.7 Å². The van der Waals surface area contributed by atoms with Crippen molar-refractivity contribution in [1.29, 1.82) is 0 Å². The molecule has 0 saturated carbocycles. The van der Waals surface area contributed by atoms with Crippen LogP contribution in [-0.4, -0.2) is 28.0 Å². The summed E-state index contributed by atoms with van der Waals surface area (Å²) in [6, 6.07) is 13.7. The minimum atomic E-state index is -4.61. The van der Waals surface area contributed by atoms with E-state index in [-0.39, 0.29) is 16.3 Å². The molecule has 0 unspecified atom stereocenters. The molecule has 0 heterocycles. The highest BCUT2D eigenvalue weighted by molar-refractivity contribution is 7.92. The van der Waals surface area contributed by atoms with E-state index in [2.05, 4.69) is 5.32 Å². The number of amides is 1. The van der Waals surface area contributed by atoms with Crippen molar-refractivity contribution in [3.8, 4) is 5.75 Å². The number of carbonyl (C=O) groups is 1. The van der Waals surface area contributed by atoms with Gasteiger partial charge in [-0.3, -0.25) is 9.10 Å². The Balaban J connectivity index is 1.92. The van der Waals surface area contributed by atoms with Crippen LogP contribution in [0.25, 0.3) is 0 Å². The molecule has 0 aliphatic rings. The predicted octanol–water partition coefficient (Wildman–Crippen LogP) is 4.69. The van der Waals surface area contributed by atoms with Crippen LogP contribution in [0.3, 0.4) is 0 Å². The first kappa shape index (κ1) is 24.1. The molecular weight excluding hydrogens is 464 g/mol. The standard InChI is InChI=1S/C22H18F4N2O4S/c1-32-19-9-11-20(12-10-19)33(30,31)28(18-7-5-16(23)6-8-18)14-21(29)27-17-4-2-3-15(13-17)22(24,25)26/h2-13H,14H2,1H3,(H,27,29). The zero-order valence-electron chi connectivity index (χ0n) is 17.1. The molecule has 174 valence electrons. The SMILES string of the molecule is COc1ccc(S(=O)(=O)N(CC(=O)Nc2cccc(C(F)(F)F)c2)c2ccc(F)cc2)cc1. The largest absolute Gasteiger partial charge is 0.497 e. The van der Waals surface area contributed by atoms with E-state index in [1.54, 1.807) is 0 Å². The van der Waals surface area contributed by atoms with Gasteiger partial charge in [0.15, 0.2) is 0 Å². The normalized spacial score (nSPS) is 11.7. The molecule has 0 aromatic heterocycles. The van der Waals surface area contributed by atoms with Gasteiger partial charge in [0.05, 0.1) is 23.3 Å². The van der Waals surface area contributed by atoms with E-state index < -0.39 is 40.0 Å². The number of hydrogen-bond donors (Lipinski definition) is 1. The lowest BCUT2D eigenvalue weighted by Gasteiger charge is -2.24. The van der Waals surface area contributed by atoms with Gasteiger partial charge in [-0.1, -0.05) is 6.07 Å². The number of nitrogens with one attached hydrogen (secondary N) is 1. The van der Waals surface area contributed by atoms with E-state index in [9.17, 15) is 30.8 Å². The number of alkyl halides is 3. The third kappa shape index (κ3) is 5.80. The molecule has 0 saturated heterocycles. The molecule has 1 amide bonds. The van der Waals surface area contributed by atoms with Crippen LogP contribution in [0.1, 0.15) is 5.56 Å². The van der Waals surface area contributed by atoms with Crippen molar-refractivity contribution in [1.82, 2.24) is 0 Å². The number of anilines is 2. The van der Waals surface area contributed by atoms with Crippen LogP contribution < -0.4 is 14.4 Å². The van der Waals surface area contributed by atoms with Crippen LogP contribution in [-0.2, 0) is 21.0 Å². The third-order valence-electron chi connectivity index (χ3n) is 4.52. The highest BCUT2D eigenvalue weighted by Crippen LogP contribution is 2.31. The number of halogens is 4. The number of rotatable bonds is 7. The average molecular weight is 482 g/mol. The molecule has 0 spiro atoms. The number of carbonyl (C=O) groups excluding carboxylic acids is 1. The first-order valence-corrected chi connectivity index (χ1v) is 10.8. The molecule has 0 aliphatic carbocycles. The number of hydrogen-bond acceptors (Lipinski definition) is 4. The second kappa shape index (κ2) is 9.49. The molecular formula is C22H18F4N2O4S. The van der Waals surface area contributed by atoms with Gasteiger partial charge in [0.1, 0.15) is 18.1 Å². The molecule has 3 aromatic rings. The minimum absolute atomic E-state index is 0.00795. The Kier molecular flexibility index (Phi) is 6.92. The van der Waals surface area contributed by atoms with Crippen LogP contribution >= 0.6 is 0 Å². The summed E-state index contributed by atoms with van der Waals surface area (Å²) in [7, 11) is -2.89. The predicted molar refractivity (Wildman–Crippen MR) is 114 cm³/mol. The number of ether oxygens (including phenoxy) is 1. The van der Waals surface area contributed by atoms with Gasteiger partial charge in [-0.2, -0.15) is 13.2 Å². The molecule has 0 bridgehead atoms. The maximum atomic E-state index is 13.4. The van der Waals surface area contributed by atoms with E-state index in [0.717, 1.165) is 34.6 Å². The van der Waals surface area contributed by atoms with Crippen molar-refractivity contribution in [2.24, 2.45) is 0 Å². The molecule has 3 rings (SSSR count). The number of nitrogens with zero attached hydrogens (tertiary/aromatic N) is 1. The zero-order valence-corrected chi connectivity index (χ0v) is 18.0. The Morgan fingerprint density at radius 2 is 1.64 bits per heavy atom. The van der Waals surface area contributed by atoms with E-state index in [1.807, 2.05) is 0 Å². The van der Waals surface area contributed by atoms with Crippen LogP contribution in [0.2, 0.25) is 0 Å². The van der Waals surface area contributed by atoms with Crippen molar-refractivity contribution >= 4 is 27.3 Å². The maximum Gasteiger partial charge on any atom is 0.416 e. The van der Waals surface area contributed by atoms with Crippen molar-refractivity contribution in [2.45, 2.75) is 11.1 Å². The second-order valence-corrected chi connectivity index (χ2v) is 8.65. The summed E-state index contributed by atoms with van der Waals surface area (Å²) in [5.41, 5.74) is -1.14. The molecule has 0 fully saturated rings. The number of methoxy groups -OCH3 is 1. The lowest BCUT2D eigenvalue weighted by Crippen LogP contribution is -2.38. The monoisotopic (exact) mass is 482 g/mol. The first-order chi connectivity index (χ1) is 15.5. The minimum Gasteiger partial charge on any atom is -0.497 e. The Morgan fingerprint density at radius 3 is 2.21 bits per heavy atom. The third-order valence-corrected chi connectivity index (χ3v) is 6.31. The summed E-state index contributed by atoms with van der Waals surface area (Å²) in [6.45, 7) is -0.768. The van der Waals surface area contributed by atoms with Crippen molar-refractivity contribution in [2.75, 3.05) is 23.3 Å². The van der Waals surface area contributed by atoms with Gasteiger partial charge in [0.25, 0.3) is 10.0 Å². The van der Waals surface area contributed by atoms with Gasteiger partial charge < -0.3 is 10.1 Å². The molecule has 11 heteroatoms. The number of sulfonamides is 1. The van der Waals surface area contributed by atoms with Gasteiger partial charge in [0.2, 0.25) is 5.91 Å². The van der Waals surface area contributed by atoms with Gasteiger partial charge in [-0.25, -0.2) is 12.8 Å². The first-order valence-electron chi connectivity index (χ1n) is 9.40. The Bertz CT molecular complexity index is 1230. The van der Waals surface area contributed by atoms with Crippen LogP contribution in [0.4, 0.5) is 28.9 Å². The van der Waals surface area contributed by atoms with E-state index >= 15 is 0 Å². The molecule has 1 N–H and O–H groups in total. The summed E-state index contributed by atoms with van der Waals surface area (Å²) >= 11 is 0. The molecule has 3 aromatic carbocycles. The number of benzene rings is 3. The van der Waals surface area contributed by atoms with Crippen molar-refractivity contribution < 1.29 is 35.5 Å². The van der Waals surface area contributed by atoms with E-state index in [4.69, 9.17) is 4.74 Å². The lowest BCUT2D eigenvalue weighted by molar-refractivity contribution is -0.137. The summed E-state index contributed by atoms with van der Waals surface area (Å²) in [5, 5.41) is 2.27. The topological polar surface area (TPSA) is 75.7 Å². The highest BCUT2D eigenvalue weighted by atomic mass is 32.2. The van der Waals surface area contributed by atoms with Crippen molar-refractivity contribution in [3.63, 3.8) is 0 Å². The fourth-order valence-electron chi connectivity index (χ4n) is 2.90. The van der Waals surface area contributed by atoms with Gasteiger partial charge in [0, 0.05) is 5.69 Å². The van der Waals surface area contributed by atoms with Crippen LogP contribution in [0.5, 0.6) is 5.75 Å². The molecule has 0 radical (unpaired) electrons. The smallest absolute Gasteiger partial charge is 0.416 e. The van der Waals surface area contributed by atoms with Crippen molar-refractivity contribution in [3.05, 3.63) is 84.2 Å². The fraction of sp³-hybridized carbons (Fsp3) is 0.136. The molecule has 0 atom stereocenters. The second-order valence-electron chi connectivity index (χ2n) is 6.79. The van der Waals surface area contributed by atoms with Gasteiger partial charge in [-0.15, -0.1) is 0 Å². The Morgan fingerprint density at radius 1 is 1.00 bits per heavy atom. The average Bonchev–Trinajstić information content (AvgIpc) is 2.78. The zero-order chi connectivity index (χ0) is 24.2. The van der Waals surface area contributed by atoms with Crippen LogP contribution in [0.15, 0.2) is 77.7 Å². The highest BCUT2D eigenvalue weighted by Gasteiger charge is 2.31. The quantitative estimate of drug-likeness (QED) is 0.496.